The van der Waals surface area contributed by atoms with Crippen molar-refractivity contribution in [3.63, 3.8) is 0 Å². The second kappa shape index (κ2) is 5.17. The van der Waals surface area contributed by atoms with Crippen molar-refractivity contribution in [2.45, 2.75) is 32.8 Å². The van der Waals surface area contributed by atoms with E-state index in [1.54, 1.807) is 20.8 Å². The molecule has 8 heteroatoms. The second-order valence-corrected chi connectivity index (χ2v) is 8.62. The zero-order chi connectivity index (χ0) is 14.9. The van der Waals surface area contributed by atoms with E-state index in [0.717, 1.165) is 0 Å². The van der Waals surface area contributed by atoms with Crippen LogP contribution in [0.15, 0.2) is 0 Å². The Hall–Kier alpha value is -1.00. The maximum Gasteiger partial charge on any atom is 0.410 e. The molecule has 0 bridgehead atoms. The summed E-state index contributed by atoms with van der Waals surface area (Å²) in [5.41, 5.74) is -1.43. The van der Waals surface area contributed by atoms with E-state index in [1.165, 1.54) is 4.90 Å². The topological polar surface area (TPSA) is 87.5 Å². The number of carbonyl (C=O) groups excluding carboxylic acids is 1. The largest absolute Gasteiger partial charge is 0.444 e. The van der Waals surface area contributed by atoms with Gasteiger partial charge < -0.3 is 9.64 Å². The number of halogens is 1. The molecule has 1 amide bonds. The first-order valence-electron chi connectivity index (χ1n) is 5.78. The Morgan fingerprint density at radius 2 is 2.00 bits per heavy atom. The Kier molecular flexibility index (Phi) is 4.37. The number of likely N-dealkylation sites (tertiary alicyclic amines) is 1. The number of carbonyl (C=O) groups is 1. The lowest BCUT2D eigenvalue weighted by molar-refractivity contribution is -0.0169. The van der Waals surface area contributed by atoms with E-state index >= 15 is 0 Å². The number of amides is 1. The molecule has 108 valence electrons. The van der Waals surface area contributed by atoms with Gasteiger partial charge in [0, 0.05) is 23.8 Å². The van der Waals surface area contributed by atoms with Crippen LogP contribution < -0.4 is 0 Å². The molecule has 0 atom stereocenters. The third-order valence-corrected chi connectivity index (χ3v) is 3.86. The average Bonchev–Trinajstić information content (AvgIpc) is 2.11. The lowest BCUT2D eigenvalue weighted by Crippen LogP contribution is -2.59. The van der Waals surface area contributed by atoms with E-state index in [1.807, 2.05) is 0 Å². The van der Waals surface area contributed by atoms with E-state index in [2.05, 4.69) is 6.07 Å². The van der Waals surface area contributed by atoms with E-state index in [9.17, 15) is 13.2 Å². The smallest absolute Gasteiger partial charge is 0.410 e. The van der Waals surface area contributed by atoms with Crippen LogP contribution in [0.2, 0.25) is 0 Å². The molecule has 0 aliphatic carbocycles. The van der Waals surface area contributed by atoms with E-state index in [4.69, 9.17) is 20.7 Å². The summed E-state index contributed by atoms with van der Waals surface area (Å²) in [5.74, 6) is -0.274. The standard InChI is InChI=1S/C11H17ClN2O4S/c1-10(2,3)18-9(15)14-7-11(6-13,8-14)4-5-19(12,16)17/h4-5,7-8H2,1-3H3. The molecule has 1 saturated heterocycles. The molecule has 0 saturated carbocycles. The van der Waals surface area contributed by atoms with Gasteiger partial charge in [0.25, 0.3) is 0 Å². The van der Waals surface area contributed by atoms with Gasteiger partial charge in [-0.3, -0.25) is 0 Å². The molecule has 1 aliphatic heterocycles. The highest BCUT2D eigenvalue weighted by atomic mass is 35.7. The summed E-state index contributed by atoms with van der Waals surface area (Å²) in [6.07, 6.45) is -0.374. The van der Waals surface area contributed by atoms with Crippen molar-refractivity contribution < 1.29 is 17.9 Å². The molecule has 1 rings (SSSR count). The number of hydrogen-bond acceptors (Lipinski definition) is 5. The van der Waals surface area contributed by atoms with Crippen LogP contribution >= 0.6 is 10.7 Å². The first-order chi connectivity index (χ1) is 8.46. The van der Waals surface area contributed by atoms with Crippen molar-refractivity contribution in [2.24, 2.45) is 5.41 Å². The van der Waals surface area contributed by atoms with Gasteiger partial charge in [0.15, 0.2) is 0 Å². The van der Waals surface area contributed by atoms with E-state index in [-0.39, 0.29) is 25.3 Å². The predicted molar refractivity (Wildman–Crippen MR) is 70.1 cm³/mol. The molecular formula is C11H17ClN2O4S. The van der Waals surface area contributed by atoms with Crippen LogP contribution in [0.4, 0.5) is 4.79 Å². The summed E-state index contributed by atoms with van der Waals surface area (Å²) in [6.45, 7) is 5.60. The molecule has 0 spiro atoms. The summed E-state index contributed by atoms with van der Waals surface area (Å²) in [5, 5.41) is 9.10. The van der Waals surface area contributed by atoms with E-state index in [0.29, 0.717) is 0 Å². The van der Waals surface area contributed by atoms with Crippen LogP contribution in [0, 0.1) is 16.7 Å². The Morgan fingerprint density at radius 3 is 2.37 bits per heavy atom. The quantitative estimate of drug-likeness (QED) is 0.741. The van der Waals surface area contributed by atoms with Gasteiger partial charge in [-0.25, -0.2) is 13.2 Å². The number of nitriles is 1. The van der Waals surface area contributed by atoms with E-state index < -0.39 is 26.2 Å². The number of ether oxygens (including phenoxy) is 1. The number of nitrogens with zero attached hydrogens (tertiary/aromatic N) is 2. The van der Waals surface area contributed by atoms with Gasteiger partial charge >= 0.3 is 6.09 Å². The fourth-order valence-electron chi connectivity index (χ4n) is 1.74. The first-order valence-corrected chi connectivity index (χ1v) is 8.26. The minimum atomic E-state index is -3.62. The summed E-state index contributed by atoms with van der Waals surface area (Å²) >= 11 is 0. The van der Waals surface area contributed by atoms with Crippen molar-refractivity contribution >= 4 is 25.8 Å². The third kappa shape index (κ3) is 4.88. The molecular weight excluding hydrogens is 292 g/mol. The highest BCUT2D eigenvalue weighted by Gasteiger charge is 2.47. The SMILES string of the molecule is CC(C)(C)OC(=O)N1CC(C#N)(CCS(=O)(=O)Cl)C1. The van der Waals surface area contributed by atoms with Crippen LogP contribution in [0.1, 0.15) is 27.2 Å². The summed E-state index contributed by atoms with van der Waals surface area (Å²) < 4.78 is 26.9. The maximum absolute atomic E-state index is 11.7. The van der Waals surface area contributed by atoms with Crippen molar-refractivity contribution in [2.75, 3.05) is 18.8 Å². The molecule has 1 aliphatic rings. The summed E-state index contributed by atoms with van der Waals surface area (Å²) in [4.78, 5) is 13.1. The van der Waals surface area contributed by atoms with Gasteiger partial charge in [0.1, 0.15) is 5.60 Å². The number of rotatable bonds is 3. The van der Waals surface area contributed by atoms with Crippen molar-refractivity contribution in [1.82, 2.24) is 4.90 Å². The van der Waals surface area contributed by atoms with Crippen LogP contribution in [0.25, 0.3) is 0 Å². The predicted octanol–water partition coefficient (Wildman–Crippen LogP) is 1.71. The maximum atomic E-state index is 11.7. The monoisotopic (exact) mass is 308 g/mol. The molecule has 0 N–H and O–H groups in total. The molecule has 0 aromatic heterocycles. The Balaban J connectivity index is 2.54. The van der Waals surface area contributed by atoms with Crippen molar-refractivity contribution in [3.8, 4) is 6.07 Å². The fourth-order valence-corrected chi connectivity index (χ4v) is 2.61. The molecule has 0 unspecified atom stereocenters. The van der Waals surface area contributed by atoms with Crippen LogP contribution in [0.3, 0.4) is 0 Å². The molecule has 0 aromatic rings. The van der Waals surface area contributed by atoms with Gasteiger partial charge in [-0.2, -0.15) is 5.26 Å². The Morgan fingerprint density at radius 1 is 1.47 bits per heavy atom. The van der Waals surface area contributed by atoms with Crippen LogP contribution in [0.5, 0.6) is 0 Å². The Bertz CT molecular complexity index is 498. The molecule has 6 nitrogen and oxygen atoms in total. The molecule has 1 fully saturated rings. The van der Waals surface area contributed by atoms with Gasteiger partial charge in [0.2, 0.25) is 9.05 Å². The minimum absolute atomic E-state index is 0.120. The van der Waals surface area contributed by atoms with Gasteiger partial charge in [-0.05, 0) is 27.2 Å². The zero-order valence-corrected chi connectivity index (χ0v) is 12.7. The average molecular weight is 309 g/mol. The van der Waals surface area contributed by atoms with Gasteiger partial charge in [-0.15, -0.1) is 0 Å². The molecule has 0 radical (unpaired) electrons. The highest BCUT2D eigenvalue weighted by molar-refractivity contribution is 8.13. The lowest BCUT2D eigenvalue weighted by Gasteiger charge is -2.45. The fraction of sp³-hybridized carbons (Fsp3) is 0.818. The lowest BCUT2D eigenvalue weighted by atomic mass is 9.79. The van der Waals surface area contributed by atoms with Crippen molar-refractivity contribution in [1.29, 1.82) is 5.26 Å². The van der Waals surface area contributed by atoms with Gasteiger partial charge in [0.05, 0.1) is 17.2 Å². The van der Waals surface area contributed by atoms with Crippen LogP contribution in [-0.4, -0.2) is 43.9 Å². The highest BCUT2D eigenvalue weighted by Crippen LogP contribution is 2.35. The van der Waals surface area contributed by atoms with Crippen molar-refractivity contribution in [3.05, 3.63) is 0 Å². The molecule has 0 aromatic carbocycles. The minimum Gasteiger partial charge on any atom is -0.444 e. The normalized spacial score (nSPS) is 18.4. The van der Waals surface area contributed by atoms with Gasteiger partial charge in [-0.1, -0.05) is 0 Å². The molecule has 1 heterocycles. The first kappa shape index (κ1) is 16.1. The van der Waals surface area contributed by atoms with Crippen LogP contribution in [-0.2, 0) is 13.8 Å². The zero-order valence-electron chi connectivity index (χ0n) is 11.1. The second-order valence-electron chi connectivity index (χ2n) is 5.72. The molecule has 19 heavy (non-hydrogen) atoms. The number of hydrogen-bond donors (Lipinski definition) is 0. The Labute approximate surface area is 117 Å². The summed E-state index contributed by atoms with van der Waals surface area (Å²) in [6, 6.07) is 2.06. The third-order valence-electron chi connectivity index (χ3n) is 2.70. The summed E-state index contributed by atoms with van der Waals surface area (Å²) in [7, 11) is 1.50.